The molecule has 20 heavy (non-hydrogen) atoms. The molecule has 0 unspecified atom stereocenters. The summed E-state index contributed by atoms with van der Waals surface area (Å²) in [7, 11) is 0. The van der Waals surface area contributed by atoms with Crippen LogP contribution in [0.15, 0.2) is 43.0 Å². The molecule has 7 nitrogen and oxygen atoms in total. The van der Waals surface area contributed by atoms with Gasteiger partial charge in [-0.05, 0) is 12.1 Å². The number of hydrogen-bond acceptors (Lipinski definition) is 6. The third-order valence-corrected chi connectivity index (χ3v) is 2.63. The fraction of sp³-hybridized carbons (Fsp3) is 0. The Morgan fingerprint density at radius 1 is 1.20 bits per heavy atom. The van der Waals surface area contributed by atoms with Crippen LogP contribution in [0.25, 0.3) is 17.3 Å². The van der Waals surface area contributed by atoms with E-state index in [-0.39, 0.29) is 5.95 Å². The number of nitriles is 1. The highest BCUT2D eigenvalue weighted by molar-refractivity contribution is 5.59. The maximum Gasteiger partial charge on any atom is 0.240 e. The van der Waals surface area contributed by atoms with Crippen molar-refractivity contribution in [2.45, 2.75) is 0 Å². The molecular weight excluding hydrogens is 254 g/mol. The molecule has 0 aliphatic carbocycles. The summed E-state index contributed by atoms with van der Waals surface area (Å²) in [6.45, 7) is 0. The Hall–Kier alpha value is -3.27. The van der Waals surface area contributed by atoms with Crippen molar-refractivity contribution in [3.8, 4) is 23.4 Å². The number of rotatable bonds is 2. The van der Waals surface area contributed by atoms with Crippen LogP contribution < -0.4 is 5.73 Å². The Bertz CT molecular complexity index is 787. The van der Waals surface area contributed by atoms with Crippen LogP contribution in [0.4, 0.5) is 5.95 Å². The number of hydrogen-bond donors (Lipinski definition) is 1. The average molecular weight is 263 g/mol. The number of imidazole rings is 1. The van der Waals surface area contributed by atoms with E-state index < -0.39 is 0 Å². The largest absolute Gasteiger partial charge is 0.368 e. The van der Waals surface area contributed by atoms with Crippen LogP contribution in [0.1, 0.15) is 5.56 Å². The fourth-order valence-electron chi connectivity index (χ4n) is 1.73. The Labute approximate surface area is 114 Å². The summed E-state index contributed by atoms with van der Waals surface area (Å²) < 4.78 is 1.63. The van der Waals surface area contributed by atoms with E-state index in [4.69, 9.17) is 11.0 Å². The molecule has 1 aromatic carbocycles. The van der Waals surface area contributed by atoms with Crippen molar-refractivity contribution in [1.82, 2.24) is 24.5 Å². The van der Waals surface area contributed by atoms with Crippen LogP contribution in [-0.2, 0) is 0 Å². The number of nitrogens with two attached hydrogens (primary N) is 1. The van der Waals surface area contributed by atoms with E-state index in [1.807, 2.05) is 6.07 Å². The first-order valence-corrected chi connectivity index (χ1v) is 5.77. The maximum absolute atomic E-state index is 8.93. The van der Waals surface area contributed by atoms with Crippen molar-refractivity contribution in [3.63, 3.8) is 0 Å². The van der Waals surface area contributed by atoms with Crippen LogP contribution in [0, 0.1) is 11.3 Å². The molecule has 0 fully saturated rings. The predicted octanol–water partition coefficient (Wildman–Crippen LogP) is 1.18. The highest BCUT2D eigenvalue weighted by atomic mass is 15.2. The van der Waals surface area contributed by atoms with Gasteiger partial charge in [0, 0.05) is 18.0 Å². The van der Waals surface area contributed by atoms with Crippen LogP contribution in [-0.4, -0.2) is 24.5 Å². The monoisotopic (exact) mass is 263 g/mol. The molecule has 0 atom stereocenters. The summed E-state index contributed by atoms with van der Waals surface area (Å²) in [5.41, 5.74) is 6.95. The molecule has 0 radical (unpaired) electrons. The van der Waals surface area contributed by atoms with Gasteiger partial charge in [-0.15, -0.1) is 0 Å². The minimum Gasteiger partial charge on any atom is -0.368 e. The molecule has 0 saturated heterocycles. The molecule has 0 bridgehead atoms. The Balaban J connectivity index is 2.12. The van der Waals surface area contributed by atoms with Gasteiger partial charge in [-0.25, -0.2) is 4.98 Å². The molecule has 3 aromatic rings. The minimum atomic E-state index is 0.112. The minimum absolute atomic E-state index is 0.112. The summed E-state index contributed by atoms with van der Waals surface area (Å²) in [5.74, 6) is 0.909. The zero-order valence-corrected chi connectivity index (χ0v) is 10.3. The number of anilines is 1. The highest BCUT2D eigenvalue weighted by Gasteiger charge is 2.08. The van der Waals surface area contributed by atoms with E-state index >= 15 is 0 Å². The summed E-state index contributed by atoms with van der Waals surface area (Å²) >= 11 is 0. The molecule has 2 N–H and O–H groups in total. The van der Waals surface area contributed by atoms with E-state index in [0.717, 1.165) is 0 Å². The normalized spacial score (nSPS) is 10.2. The second-order valence-electron chi connectivity index (χ2n) is 3.98. The van der Waals surface area contributed by atoms with Gasteiger partial charge in [0.25, 0.3) is 0 Å². The third-order valence-electron chi connectivity index (χ3n) is 2.63. The van der Waals surface area contributed by atoms with Gasteiger partial charge >= 0.3 is 0 Å². The number of benzene rings is 1. The van der Waals surface area contributed by atoms with Crippen LogP contribution in [0.2, 0.25) is 0 Å². The van der Waals surface area contributed by atoms with Gasteiger partial charge in [-0.3, -0.25) is 4.57 Å². The first-order valence-electron chi connectivity index (χ1n) is 5.77. The van der Waals surface area contributed by atoms with Gasteiger partial charge in [0.15, 0.2) is 5.82 Å². The summed E-state index contributed by atoms with van der Waals surface area (Å²) in [4.78, 5) is 16.4. The molecule has 0 amide bonds. The lowest BCUT2D eigenvalue weighted by molar-refractivity contribution is 0.906. The lowest BCUT2D eigenvalue weighted by Gasteiger charge is -2.05. The Morgan fingerprint density at radius 2 is 2.10 bits per heavy atom. The molecule has 0 saturated carbocycles. The van der Waals surface area contributed by atoms with E-state index in [9.17, 15) is 0 Å². The van der Waals surface area contributed by atoms with E-state index in [1.165, 1.54) is 0 Å². The van der Waals surface area contributed by atoms with Gasteiger partial charge in [0.2, 0.25) is 11.9 Å². The van der Waals surface area contributed by atoms with E-state index in [1.54, 1.807) is 41.5 Å². The smallest absolute Gasteiger partial charge is 0.240 e. The van der Waals surface area contributed by atoms with Crippen LogP contribution >= 0.6 is 0 Å². The van der Waals surface area contributed by atoms with Gasteiger partial charge < -0.3 is 5.73 Å². The maximum atomic E-state index is 8.93. The molecule has 0 aliphatic rings. The van der Waals surface area contributed by atoms with Crippen molar-refractivity contribution < 1.29 is 0 Å². The SMILES string of the molecule is N#Cc1cccc(-c2nc(N)nc(-n3ccnc3)n2)c1. The Morgan fingerprint density at radius 3 is 2.85 bits per heavy atom. The van der Waals surface area contributed by atoms with Crippen molar-refractivity contribution >= 4 is 5.95 Å². The van der Waals surface area contributed by atoms with Crippen molar-refractivity contribution in [3.05, 3.63) is 48.5 Å². The van der Waals surface area contributed by atoms with Gasteiger partial charge in [0.1, 0.15) is 6.33 Å². The van der Waals surface area contributed by atoms with Crippen molar-refractivity contribution in [2.24, 2.45) is 0 Å². The molecule has 2 heterocycles. The number of aromatic nitrogens is 5. The first kappa shape index (κ1) is 11.8. The quantitative estimate of drug-likeness (QED) is 0.744. The van der Waals surface area contributed by atoms with Gasteiger partial charge in [-0.1, -0.05) is 12.1 Å². The molecule has 3 rings (SSSR count). The Kier molecular flexibility index (Phi) is 2.82. The third kappa shape index (κ3) is 2.18. The first-order chi connectivity index (χ1) is 9.76. The average Bonchev–Trinajstić information content (AvgIpc) is 3.01. The topological polar surface area (TPSA) is 106 Å². The second-order valence-corrected chi connectivity index (χ2v) is 3.98. The molecule has 0 spiro atoms. The van der Waals surface area contributed by atoms with Gasteiger partial charge in [0.05, 0.1) is 11.6 Å². The zero-order chi connectivity index (χ0) is 13.9. The standard InChI is InChI=1S/C13H9N7/c14-7-9-2-1-3-10(6-9)11-17-12(15)19-13(18-11)20-5-4-16-8-20/h1-6,8H,(H2,15,17,18,19). The summed E-state index contributed by atoms with van der Waals surface area (Å²) in [5, 5.41) is 8.93. The fourth-order valence-corrected chi connectivity index (χ4v) is 1.73. The zero-order valence-electron chi connectivity index (χ0n) is 10.3. The van der Waals surface area contributed by atoms with Crippen LogP contribution in [0.5, 0.6) is 0 Å². The lowest BCUT2D eigenvalue weighted by atomic mass is 10.1. The molecular formula is C13H9N7. The van der Waals surface area contributed by atoms with Gasteiger partial charge in [-0.2, -0.15) is 20.2 Å². The van der Waals surface area contributed by atoms with E-state index in [2.05, 4.69) is 26.0 Å². The van der Waals surface area contributed by atoms with E-state index in [0.29, 0.717) is 22.9 Å². The predicted molar refractivity (Wildman–Crippen MR) is 71.5 cm³/mol. The molecule has 96 valence electrons. The molecule has 0 aliphatic heterocycles. The molecule has 7 heteroatoms. The van der Waals surface area contributed by atoms with Crippen molar-refractivity contribution in [2.75, 3.05) is 5.73 Å². The number of nitrogen functional groups attached to an aromatic ring is 1. The summed E-state index contributed by atoms with van der Waals surface area (Å²) in [6, 6.07) is 9.07. The van der Waals surface area contributed by atoms with Crippen molar-refractivity contribution in [1.29, 1.82) is 5.26 Å². The molecule has 2 aromatic heterocycles. The highest BCUT2D eigenvalue weighted by Crippen LogP contribution is 2.17. The van der Waals surface area contributed by atoms with Crippen LogP contribution in [0.3, 0.4) is 0 Å². The lowest BCUT2D eigenvalue weighted by Crippen LogP contribution is -2.06. The number of nitrogens with zero attached hydrogens (tertiary/aromatic N) is 6. The summed E-state index contributed by atoms with van der Waals surface area (Å²) in [6.07, 6.45) is 4.91. The second kappa shape index (κ2) is 4.78.